The van der Waals surface area contributed by atoms with E-state index in [0.29, 0.717) is 18.8 Å². The lowest BCUT2D eigenvalue weighted by Gasteiger charge is -2.12. The molecule has 1 amide bonds. The first-order valence-electron chi connectivity index (χ1n) is 7.47. The highest BCUT2D eigenvalue weighted by Crippen LogP contribution is 2.27. The van der Waals surface area contributed by atoms with Gasteiger partial charge in [-0.15, -0.1) is 0 Å². The Morgan fingerprint density at radius 1 is 1.27 bits per heavy atom. The smallest absolute Gasteiger partial charge is 0.217 e. The number of aryl methyl sites for hydroxylation is 1. The quantitative estimate of drug-likeness (QED) is 0.736. The third-order valence-electron chi connectivity index (χ3n) is 3.45. The highest BCUT2D eigenvalue weighted by atomic mass is 127. The van der Waals surface area contributed by atoms with Gasteiger partial charge in [-0.2, -0.15) is 0 Å². The summed E-state index contributed by atoms with van der Waals surface area (Å²) < 4.78 is 1.16. The molecule has 116 valence electrons. The Kier molecular flexibility index (Phi) is 5.94. The molecule has 0 saturated carbocycles. The highest BCUT2D eigenvalue weighted by Gasteiger charge is 2.09. The van der Waals surface area contributed by atoms with Gasteiger partial charge in [-0.1, -0.05) is 19.9 Å². The zero-order valence-corrected chi connectivity index (χ0v) is 15.1. The number of aromatic nitrogens is 1. The molecule has 0 aliphatic carbocycles. The Morgan fingerprint density at radius 2 is 2.05 bits per heavy atom. The van der Waals surface area contributed by atoms with Gasteiger partial charge in [-0.3, -0.25) is 9.78 Å². The highest BCUT2D eigenvalue weighted by molar-refractivity contribution is 14.1. The summed E-state index contributed by atoms with van der Waals surface area (Å²) in [6.45, 7) is 4.38. The topological polar surface area (TPSA) is 56.0 Å². The summed E-state index contributed by atoms with van der Waals surface area (Å²) in [7, 11) is 0. The normalized spacial score (nSPS) is 10.9. The van der Waals surface area contributed by atoms with Gasteiger partial charge < -0.3 is 5.73 Å². The van der Waals surface area contributed by atoms with Crippen molar-refractivity contribution in [2.75, 3.05) is 0 Å². The van der Waals surface area contributed by atoms with Crippen LogP contribution in [0.1, 0.15) is 31.5 Å². The Labute approximate surface area is 145 Å². The summed E-state index contributed by atoms with van der Waals surface area (Å²) in [5, 5.41) is 0. The zero-order chi connectivity index (χ0) is 16.1. The maximum Gasteiger partial charge on any atom is 0.217 e. The molecule has 0 aliphatic rings. The van der Waals surface area contributed by atoms with Crippen LogP contribution in [-0.4, -0.2) is 10.9 Å². The van der Waals surface area contributed by atoms with Crippen molar-refractivity contribution in [2.45, 2.75) is 33.1 Å². The minimum atomic E-state index is -0.264. The van der Waals surface area contributed by atoms with Gasteiger partial charge in [0.05, 0.1) is 0 Å². The van der Waals surface area contributed by atoms with Crippen molar-refractivity contribution in [3.05, 3.63) is 51.4 Å². The van der Waals surface area contributed by atoms with E-state index in [4.69, 9.17) is 5.73 Å². The largest absolute Gasteiger partial charge is 0.370 e. The summed E-state index contributed by atoms with van der Waals surface area (Å²) in [6.07, 6.45) is 3.87. The monoisotopic (exact) mass is 408 g/mol. The maximum atomic E-state index is 11.1. The predicted octanol–water partition coefficient (Wildman–Crippen LogP) is 3.97. The van der Waals surface area contributed by atoms with Crippen molar-refractivity contribution in [3.63, 3.8) is 0 Å². The predicted molar refractivity (Wildman–Crippen MR) is 98.4 cm³/mol. The molecule has 3 nitrogen and oxygen atoms in total. The fraction of sp³-hybridized carbons (Fsp3) is 0.333. The van der Waals surface area contributed by atoms with Gasteiger partial charge in [-0.25, -0.2) is 0 Å². The number of nitrogens with zero attached hydrogens (tertiary/aromatic N) is 1. The average molecular weight is 408 g/mol. The molecule has 0 atom stereocenters. The van der Waals surface area contributed by atoms with E-state index in [9.17, 15) is 4.79 Å². The number of hydrogen-bond donors (Lipinski definition) is 1. The molecule has 1 aromatic heterocycles. The molecule has 1 aromatic carbocycles. The molecule has 22 heavy (non-hydrogen) atoms. The van der Waals surface area contributed by atoms with Gasteiger partial charge in [0, 0.05) is 21.9 Å². The van der Waals surface area contributed by atoms with E-state index >= 15 is 0 Å². The molecule has 0 unspecified atom stereocenters. The maximum absolute atomic E-state index is 11.1. The molecule has 2 rings (SSSR count). The number of amides is 1. The number of benzene rings is 1. The van der Waals surface area contributed by atoms with Gasteiger partial charge in [0.2, 0.25) is 5.91 Å². The Balaban J connectivity index is 2.36. The molecule has 0 aliphatic heterocycles. The molecule has 0 fully saturated rings. The van der Waals surface area contributed by atoms with E-state index in [0.717, 1.165) is 32.4 Å². The van der Waals surface area contributed by atoms with Crippen LogP contribution in [0.15, 0.2) is 36.5 Å². The molecule has 1 heterocycles. The second-order valence-corrected chi connectivity index (χ2v) is 7.15. The summed E-state index contributed by atoms with van der Waals surface area (Å²) in [6, 6.07) is 10.5. The first-order valence-corrected chi connectivity index (χ1v) is 8.55. The molecule has 2 aromatic rings. The van der Waals surface area contributed by atoms with Crippen LogP contribution in [0.5, 0.6) is 0 Å². The van der Waals surface area contributed by atoms with Crippen LogP contribution < -0.4 is 5.73 Å². The van der Waals surface area contributed by atoms with E-state index in [1.165, 1.54) is 0 Å². The molecule has 4 heteroatoms. The van der Waals surface area contributed by atoms with Crippen molar-refractivity contribution < 1.29 is 4.79 Å². The van der Waals surface area contributed by atoms with Crippen LogP contribution >= 0.6 is 22.6 Å². The second-order valence-electron chi connectivity index (χ2n) is 5.90. The van der Waals surface area contributed by atoms with Crippen molar-refractivity contribution in [1.82, 2.24) is 4.98 Å². The fourth-order valence-corrected chi connectivity index (χ4v) is 3.04. The van der Waals surface area contributed by atoms with E-state index in [1.54, 1.807) is 0 Å². The van der Waals surface area contributed by atoms with E-state index in [2.05, 4.69) is 65.7 Å². The number of carbonyl (C=O) groups excluding carboxylic acids is 1. The summed E-state index contributed by atoms with van der Waals surface area (Å²) in [5.41, 5.74) is 9.87. The molecule has 0 spiro atoms. The molecule has 0 saturated heterocycles. The SMILES string of the molecule is CC(C)Cc1cc(-c2ccc(I)cc2CCC(N)=O)ccn1. The standard InChI is InChI=1S/C18H21IN2O/c1-12(2)9-16-11-14(7-8-21-16)17-5-4-15(19)10-13(17)3-6-18(20)22/h4-5,7-8,10-12H,3,6,9H2,1-2H3,(H2,20,22). The first kappa shape index (κ1) is 16.9. The minimum Gasteiger partial charge on any atom is -0.370 e. The Bertz CT molecular complexity index is 668. The molecular weight excluding hydrogens is 387 g/mol. The Morgan fingerprint density at radius 3 is 2.73 bits per heavy atom. The summed E-state index contributed by atoms with van der Waals surface area (Å²) in [5.74, 6) is 0.314. The van der Waals surface area contributed by atoms with Crippen molar-refractivity contribution in [2.24, 2.45) is 11.7 Å². The minimum absolute atomic E-state index is 0.264. The van der Waals surface area contributed by atoms with E-state index < -0.39 is 0 Å². The van der Waals surface area contributed by atoms with Crippen LogP contribution in [-0.2, 0) is 17.6 Å². The second kappa shape index (κ2) is 7.72. The van der Waals surface area contributed by atoms with Crippen molar-refractivity contribution in [3.8, 4) is 11.1 Å². The molecular formula is C18H21IN2O. The number of halogens is 1. The number of rotatable bonds is 6. The lowest BCUT2D eigenvalue weighted by Crippen LogP contribution is -2.11. The van der Waals surface area contributed by atoms with E-state index in [-0.39, 0.29) is 5.91 Å². The van der Waals surface area contributed by atoms with Gasteiger partial charge in [-0.05, 0) is 82.3 Å². The summed E-state index contributed by atoms with van der Waals surface area (Å²) >= 11 is 2.29. The van der Waals surface area contributed by atoms with Gasteiger partial charge >= 0.3 is 0 Å². The van der Waals surface area contributed by atoms with Crippen LogP contribution in [0.4, 0.5) is 0 Å². The lowest BCUT2D eigenvalue weighted by atomic mass is 9.96. The van der Waals surface area contributed by atoms with Gasteiger partial charge in [0.15, 0.2) is 0 Å². The van der Waals surface area contributed by atoms with Gasteiger partial charge in [0.25, 0.3) is 0 Å². The van der Waals surface area contributed by atoms with Crippen molar-refractivity contribution in [1.29, 1.82) is 0 Å². The summed E-state index contributed by atoms with van der Waals surface area (Å²) in [4.78, 5) is 15.5. The van der Waals surface area contributed by atoms with Crippen LogP contribution in [0.2, 0.25) is 0 Å². The number of nitrogens with two attached hydrogens (primary N) is 1. The fourth-order valence-electron chi connectivity index (χ4n) is 2.48. The van der Waals surface area contributed by atoms with Crippen LogP contribution in [0.25, 0.3) is 11.1 Å². The van der Waals surface area contributed by atoms with Crippen LogP contribution in [0, 0.1) is 9.49 Å². The number of primary amides is 1. The first-order chi connectivity index (χ1) is 10.5. The van der Waals surface area contributed by atoms with E-state index in [1.807, 2.05) is 12.3 Å². The molecule has 2 N–H and O–H groups in total. The zero-order valence-electron chi connectivity index (χ0n) is 13.0. The molecule has 0 radical (unpaired) electrons. The average Bonchev–Trinajstić information content (AvgIpc) is 2.44. The third kappa shape index (κ3) is 4.80. The number of pyridine rings is 1. The van der Waals surface area contributed by atoms with Crippen molar-refractivity contribution >= 4 is 28.5 Å². The number of carbonyl (C=O) groups is 1. The third-order valence-corrected chi connectivity index (χ3v) is 4.12. The number of hydrogen-bond acceptors (Lipinski definition) is 2. The lowest BCUT2D eigenvalue weighted by molar-refractivity contribution is -0.117. The Hall–Kier alpha value is -1.43. The van der Waals surface area contributed by atoms with Gasteiger partial charge in [0.1, 0.15) is 0 Å². The van der Waals surface area contributed by atoms with Crippen LogP contribution in [0.3, 0.4) is 0 Å². The molecule has 0 bridgehead atoms.